The number of nitrogens with one attached hydrogen (secondary N) is 1. The van der Waals surface area contributed by atoms with Crippen LogP contribution < -0.4 is 5.32 Å². The van der Waals surface area contributed by atoms with Crippen LogP contribution in [0.1, 0.15) is 16.8 Å². The van der Waals surface area contributed by atoms with Gasteiger partial charge in [0, 0.05) is 18.7 Å². The summed E-state index contributed by atoms with van der Waals surface area (Å²) in [4.78, 5) is 4.11. The van der Waals surface area contributed by atoms with E-state index in [1.165, 1.54) is 0 Å². The third kappa shape index (κ3) is 1.06. The van der Waals surface area contributed by atoms with Gasteiger partial charge in [-0.15, -0.1) is 0 Å². The molecule has 0 fully saturated rings. The van der Waals surface area contributed by atoms with Crippen molar-refractivity contribution in [2.75, 3.05) is 0 Å². The summed E-state index contributed by atoms with van der Waals surface area (Å²) in [5.41, 5.74) is 2.52. The molecule has 0 aliphatic carbocycles. The molecule has 1 aliphatic heterocycles. The molecule has 0 aromatic carbocycles. The summed E-state index contributed by atoms with van der Waals surface area (Å²) in [5.74, 6) is 0. The second kappa shape index (κ2) is 2.74. The molecule has 0 amide bonds. The van der Waals surface area contributed by atoms with Gasteiger partial charge in [-0.3, -0.25) is 0 Å². The van der Waals surface area contributed by atoms with E-state index >= 15 is 0 Å². The van der Waals surface area contributed by atoms with Crippen molar-refractivity contribution >= 4 is 11.6 Å². The second-order valence-corrected chi connectivity index (χ2v) is 3.02. The Morgan fingerprint density at radius 3 is 3.17 bits per heavy atom. The molecular formula is C8H6ClN3. The van der Waals surface area contributed by atoms with Gasteiger partial charge in [-0.25, -0.2) is 4.98 Å². The number of hydrogen-bond acceptors (Lipinski definition) is 3. The summed E-state index contributed by atoms with van der Waals surface area (Å²) in [5, 5.41) is 12.3. The van der Waals surface area contributed by atoms with E-state index in [9.17, 15) is 0 Å². The maximum atomic E-state index is 8.76. The molecule has 12 heavy (non-hydrogen) atoms. The molecule has 2 heterocycles. The molecule has 60 valence electrons. The van der Waals surface area contributed by atoms with Gasteiger partial charge in [0.15, 0.2) is 0 Å². The molecule has 0 bridgehead atoms. The predicted octanol–water partition coefficient (Wildman–Crippen LogP) is 1.21. The molecule has 0 radical (unpaired) electrons. The lowest BCUT2D eigenvalue weighted by Gasteiger charge is -1.99. The van der Waals surface area contributed by atoms with Crippen LogP contribution in [0.15, 0.2) is 6.07 Å². The molecule has 1 N–H and O–H groups in total. The number of pyridine rings is 1. The van der Waals surface area contributed by atoms with Crippen LogP contribution in [0.3, 0.4) is 0 Å². The molecule has 1 aromatic heterocycles. The lowest BCUT2D eigenvalue weighted by Crippen LogP contribution is -2.00. The van der Waals surface area contributed by atoms with E-state index in [2.05, 4.69) is 16.4 Å². The highest BCUT2D eigenvalue weighted by molar-refractivity contribution is 6.29. The number of nitrogens with zero attached hydrogens (tertiary/aromatic N) is 2. The van der Waals surface area contributed by atoms with Crippen LogP contribution in [0, 0.1) is 11.3 Å². The maximum absolute atomic E-state index is 8.76. The molecule has 4 heteroatoms. The monoisotopic (exact) mass is 179 g/mol. The molecule has 1 aliphatic rings. The highest BCUT2D eigenvalue weighted by atomic mass is 35.5. The summed E-state index contributed by atoms with van der Waals surface area (Å²) >= 11 is 5.72. The fraction of sp³-hybridized carbons (Fsp3) is 0.250. The van der Waals surface area contributed by atoms with Gasteiger partial charge in [-0.2, -0.15) is 5.26 Å². The number of halogens is 1. The van der Waals surface area contributed by atoms with E-state index in [0.717, 1.165) is 17.8 Å². The zero-order chi connectivity index (χ0) is 8.55. The van der Waals surface area contributed by atoms with Gasteiger partial charge >= 0.3 is 0 Å². The summed E-state index contributed by atoms with van der Waals surface area (Å²) in [6, 6.07) is 3.71. The molecule has 0 saturated heterocycles. The lowest BCUT2D eigenvalue weighted by atomic mass is 10.1. The number of aromatic nitrogens is 1. The number of hydrogen-bond donors (Lipinski definition) is 1. The first-order valence-electron chi connectivity index (χ1n) is 3.60. The number of rotatable bonds is 0. The van der Waals surface area contributed by atoms with Gasteiger partial charge in [-0.1, -0.05) is 11.6 Å². The minimum Gasteiger partial charge on any atom is -0.307 e. The van der Waals surface area contributed by atoms with Gasteiger partial charge in [0.05, 0.1) is 17.3 Å². The minimum absolute atomic E-state index is 0.397. The first-order chi connectivity index (χ1) is 5.81. The van der Waals surface area contributed by atoms with Gasteiger partial charge in [0.2, 0.25) is 0 Å². The Bertz CT molecular complexity index is 367. The Morgan fingerprint density at radius 2 is 2.42 bits per heavy atom. The van der Waals surface area contributed by atoms with Crippen LogP contribution in [0.2, 0.25) is 5.15 Å². The Hall–Kier alpha value is -1.11. The second-order valence-electron chi connectivity index (χ2n) is 2.63. The highest BCUT2D eigenvalue weighted by Crippen LogP contribution is 2.20. The van der Waals surface area contributed by atoms with Crippen LogP contribution in [0.5, 0.6) is 0 Å². The van der Waals surface area contributed by atoms with E-state index in [1.54, 1.807) is 6.07 Å². The maximum Gasteiger partial charge on any atom is 0.130 e. The minimum atomic E-state index is 0.397. The Balaban J connectivity index is 2.64. The summed E-state index contributed by atoms with van der Waals surface area (Å²) in [7, 11) is 0. The van der Waals surface area contributed by atoms with Crippen molar-refractivity contribution in [3.8, 4) is 6.07 Å². The van der Waals surface area contributed by atoms with E-state index in [1.807, 2.05) is 0 Å². The topological polar surface area (TPSA) is 48.7 Å². The first kappa shape index (κ1) is 7.53. The Labute approximate surface area is 75.0 Å². The zero-order valence-electron chi connectivity index (χ0n) is 6.26. The molecule has 0 atom stereocenters. The average molecular weight is 180 g/mol. The van der Waals surface area contributed by atoms with Gasteiger partial charge in [0.25, 0.3) is 0 Å². The molecule has 3 nitrogen and oxygen atoms in total. The molecule has 0 spiro atoms. The number of fused-ring (bicyclic) bond motifs is 1. The summed E-state index contributed by atoms with van der Waals surface area (Å²) in [6.45, 7) is 1.44. The normalized spacial score (nSPS) is 14.0. The molecule has 0 saturated carbocycles. The van der Waals surface area contributed by atoms with Crippen molar-refractivity contribution in [2.24, 2.45) is 0 Å². The van der Waals surface area contributed by atoms with Crippen molar-refractivity contribution in [3.05, 3.63) is 28.0 Å². The largest absolute Gasteiger partial charge is 0.307 e. The molecular weight excluding hydrogens is 174 g/mol. The van der Waals surface area contributed by atoms with Crippen molar-refractivity contribution < 1.29 is 0 Å². The molecule has 1 aromatic rings. The highest BCUT2D eigenvalue weighted by Gasteiger charge is 2.16. The summed E-state index contributed by atoms with van der Waals surface area (Å²) in [6.07, 6.45) is 0. The molecule has 0 unspecified atom stereocenters. The van der Waals surface area contributed by atoms with Crippen molar-refractivity contribution in [2.45, 2.75) is 13.1 Å². The van der Waals surface area contributed by atoms with Crippen LogP contribution in [0.25, 0.3) is 0 Å². The quantitative estimate of drug-likeness (QED) is 0.609. The predicted molar refractivity (Wildman–Crippen MR) is 44.5 cm³/mol. The first-order valence-corrected chi connectivity index (χ1v) is 3.98. The van der Waals surface area contributed by atoms with Crippen LogP contribution in [-0.4, -0.2) is 4.98 Å². The van der Waals surface area contributed by atoms with E-state index in [-0.39, 0.29) is 0 Å². The smallest absolute Gasteiger partial charge is 0.130 e. The van der Waals surface area contributed by atoms with Gasteiger partial charge < -0.3 is 5.32 Å². The number of nitriles is 1. The van der Waals surface area contributed by atoms with Crippen LogP contribution in [0.4, 0.5) is 0 Å². The SMILES string of the molecule is N#Cc1cc(Cl)nc2c1CNC2. The van der Waals surface area contributed by atoms with E-state index < -0.39 is 0 Å². The van der Waals surface area contributed by atoms with Crippen LogP contribution in [-0.2, 0) is 13.1 Å². The van der Waals surface area contributed by atoms with Crippen molar-refractivity contribution in [3.63, 3.8) is 0 Å². The van der Waals surface area contributed by atoms with E-state index in [0.29, 0.717) is 17.3 Å². The van der Waals surface area contributed by atoms with Gasteiger partial charge in [0.1, 0.15) is 5.15 Å². The third-order valence-corrected chi connectivity index (χ3v) is 2.09. The van der Waals surface area contributed by atoms with Crippen molar-refractivity contribution in [1.29, 1.82) is 5.26 Å². The van der Waals surface area contributed by atoms with Crippen LogP contribution >= 0.6 is 11.6 Å². The summed E-state index contributed by atoms with van der Waals surface area (Å²) < 4.78 is 0. The third-order valence-electron chi connectivity index (χ3n) is 1.89. The zero-order valence-corrected chi connectivity index (χ0v) is 7.02. The Morgan fingerprint density at radius 1 is 1.58 bits per heavy atom. The average Bonchev–Trinajstić information content (AvgIpc) is 2.50. The lowest BCUT2D eigenvalue weighted by molar-refractivity contribution is 0.757. The fourth-order valence-electron chi connectivity index (χ4n) is 1.34. The fourth-order valence-corrected chi connectivity index (χ4v) is 1.55. The Kier molecular flexibility index (Phi) is 1.72. The van der Waals surface area contributed by atoms with Gasteiger partial charge in [-0.05, 0) is 6.07 Å². The van der Waals surface area contributed by atoms with E-state index in [4.69, 9.17) is 16.9 Å². The van der Waals surface area contributed by atoms with Crippen molar-refractivity contribution in [1.82, 2.24) is 10.3 Å². The molecule has 2 rings (SSSR count). The standard InChI is InChI=1S/C8H6ClN3/c9-8-1-5(2-10)6-3-11-4-7(6)12-8/h1,11H,3-4H2.